The molecular weight excluding hydrogens is 300 g/mol. The van der Waals surface area contributed by atoms with E-state index < -0.39 is 0 Å². The molecule has 0 aromatic carbocycles. The maximum Gasteiger partial charge on any atom is 0.264 e. The zero-order valence-electron chi connectivity index (χ0n) is 12.0. The van der Waals surface area contributed by atoms with Gasteiger partial charge in [-0.3, -0.25) is 19.3 Å². The summed E-state index contributed by atoms with van der Waals surface area (Å²) in [4.78, 5) is 41.0. The second kappa shape index (κ2) is 5.05. The Morgan fingerprint density at radius 3 is 2.27 bits per heavy atom. The summed E-state index contributed by atoms with van der Waals surface area (Å²) in [7, 11) is 0. The summed E-state index contributed by atoms with van der Waals surface area (Å²) in [5.74, 6) is -0.469. The third-order valence-electron chi connectivity index (χ3n) is 4.79. The molecule has 2 fully saturated rings. The van der Waals surface area contributed by atoms with Gasteiger partial charge in [0.05, 0.1) is 22.8 Å². The van der Waals surface area contributed by atoms with Crippen LogP contribution in [0.5, 0.6) is 0 Å². The molecule has 0 bridgehead atoms. The molecule has 5 nitrogen and oxygen atoms in total. The third kappa shape index (κ3) is 1.94. The van der Waals surface area contributed by atoms with Crippen LogP contribution in [-0.2, 0) is 9.59 Å². The number of nitrogens with zero attached hydrogens (tertiary/aromatic N) is 2. The maximum atomic E-state index is 12.5. The molecule has 0 saturated carbocycles. The Balaban J connectivity index is 1.44. The van der Waals surface area contributed by atoms with Gasteiger partial charge in [0.2, 0.25) is 11.8 Å². The van der Waals surface area contributed by atoms with Crippen LogP contribution in [0.1, 0.15) is 22.5 Å². The highest BCUT2D eigenvalue weighted by Gasteiger charge is 2.52. The van der Waals surface area contributed by atoms with Gasteiger partial charge in [-0.15, -0.1) is 11.3 Å². The van der Waals surface area contributed by atoms with Crippen molar-refractivity contribution in [3.63, 3.8) is 0 Å². The first-order chi connectivity index (χ1) is 10.7. The molecule has 1 aromatic rings. The SMILES string of the molecule is O=C(c1cccs1)N1CC(N2C(=O)[C@H]3CC=CC[C@@H]3C2=O)C1. The molecule has 0 radical (unpaired) electrons. The number of likely N-dealkylation sites (tertiary alicyclic amines) is 2. The molecule has 0 spiro atoms. The molecule has 0 unspecified atom stereocenters. The van der Waals surface area contributed by atoms with E-state index in [0.29, 0.717) is 30.8 Å². The number of fused-ring (bicyclic) bond motifs is 1. The topological polar surface area (TPSA) is 57.7 Å². The van der Waals surface area contributed by atoms with Crippen LogP contribution in [0.15, 0.2) is 29.7 Å². The molecule has 4 rings (SSSR count). The van der Waals surface area contributed by atoms with Gasteiger partial charge in [0.15, 0.2) is 0 Å². The molecule has 2 aliphatic heterocycles. The average molecular weight is 316 g/mol. The van der Waals surface area contributed by atoms with Gasteiger partial charge in [-0.1, -0.05) is 18.2 Å². The van der Waals surface area contributed by atoms with Crippen LogP contribution in [0.3, 0.4) is 0 Å². The molecule has 1 aliphatic carbocycles. The zero-order chi connectivity index (χ0) is 15.3. The molecule has 6 heteroatoms. The van der Waals surface area contributed by atoms with Crippen LogP contribution in [0.2, 0.25) is 0 Å². The predicted molar refractivity (Wildman–Crippen MR) is 81.2 cm³/mol. The highest BCUT2D eigenvalue weighted by atomic mass is 32.1. The molecule has 3 aliphatic rings. The molecule has 22 heavy (non-hydrogen) atoms. The Morgan fingerprint density at radius 2 is 1.73 bits per heavy atom. The van der Waals surface area contributed by atoms with Gasteiger partial charge < -0.3 is 4.90 Å². The van der Waals surface area contributed by atoms with Crippen LogP contribution >= 0.6 is 11.3 Å². The number of carbonyl (C=O) groups is 3. The van der Waals surface area contributed by atoms with Crippen molar-refractivity contribution >= 4 is 29.1 Å². The van der Waals surface area contributed by atoms with E-state index in [1.54, 1.807) is 11.0 Å². The van der Waals surface area contributed by atoms with Crippen molar-refractivity contribution in [3.8, 4) is 0 Å². The van der Waals surface area contributed by atoms with E-state index in [4.69, 9.17) is 0 Å². The van der Waals surface area contributed by atoms with Gasteiger partial charge in [0.25, 0.3) is 5.91 Å². The fourth-order valence-electron chi connectivity index (χ4n) is 3.53. The Kier molecular flexibility index (Phi) is 3.14. The quantitative estimate of drug-likeness (QED) is 0.614. The van der Waals surface area contributed by atoms with Crippen molar-refractivity contribution in [2.24, 2.45) is 11.8 Å². The smallest absolute Gasteiger partial charge is 0.264 e. The Morgan fingerprint density at radius 1 is 1.09 bits per heavy atom. The number of imide groups is 1. The summed E-state index contributed by atoms with van der Waals surface area (Å²) in [6.07, 6.45) is 5.30. The molecule has 2 saturated heterocycles. The summed E-state index contributed by atoms with van der Waals surface area (Å²) in [6.45, 7) is 0.919. The summed E-state index contributed by atoms with van der Waals surface area (Å²) in [5, 5.41) is 1.87. The van der Waals surface area contributed by atoms with Crippen molar-refractivity contribution < 1.29 is 14.4 Å². The molecule has 2 atom stereocenters. The fourth-order valence-corrected chi connectivity index (χ4v) is 4.22. The fraction of sp³-hybridized carbons (Fsp3) is 0.438. The number of amides is 3. The lowest BCUT2D eigenvalue weighted by Crippen LogP contribution is -2.62. The van der Waals surface area contributed by atoms with Crippen molar-refractivity contribution in [1.29, 1.82) is 0 Å². The molecule has 1 aromatic heterocycles. The van der Waals surface area contributed by atoms with Gasteiger partial charge in [0.1, 0.15) is 0 Å². The number of thiophene rings is 1. The maximum absolute atomic E-state index is 12.5. The van der Waals surface area contributed by atoms with E-state index in [-0.39, 0.29) is 35.6 Å². The van der Waals surface area contributed by atoms with Gasteiger partial charge in [0, 0.05) is 13.1 Å². The molecule has 3 heterocycles. The van der Waals surface area contributed by atoms with E-state index in [0.717, 1.165) is 0 Å². The monoisotopic (exact) mass is 316 g/mol. The lowest BCUT2D eigenvalue weighted by Gasteiger charge is -2.43. The molecule has 114 valence electrons. The standard InChI is InChI=1S/C16H16N2O3S/c19-14-11-4-1-2-5-12(11)15(20)18(14)10-8-17(9-10)16(21)13-6-3-7-22-13/h1-3,6-7,10-12H,4-5,8-9H2/t11-,12-/m0/s1. The van der Waals surface area contributed by atoms with E-state index in [2.05, 4.69) is 0 Å². The van der Waals surface area contributed by atoms with Gasteiger partial charge in [-0.25, -0.2) is 0 Å². The van der Waals surface area contributed by atoms with Crippen LogP contribution < -0.4 is 0 Å². The first-order valence-corrected chi connectivity index (χ1v) is 8.39. The van der Waals surface area contributed by atoms with Crippen LogP contribution in [0, 0.1) is 11.8 Å². The lowest BCUT2D eigenvalue weighted by molar-refractivity contribution is -0.145. The number of hydrogen-bond donors (Lipinski definition) is 0. The second-order valence-electron chi connectivity index (χ2n) is 6.04. The second-order valence-corrected chi connectivity index (χ2v) is 6.99. The first-order valence-electron chi connectivity index (χ1n) is 7.51. The van der Waals surface area contributed by atoms with Crippen molar-refractivity contribution in [2.45, 2.75) is 18.9 Å². The molecule has 0 N–H and O–H groups in total. The molecular formula is C16H16N2O3S. The predicted octanol–water partition coefficient (Wildman–Crippen LogP) is 1.52. The van der Waals surface area contributed by atoms with E-state index in [1.165, 1.54) is 16.2 Å². The summed E-state index contributed by atoms with van der Waals surface area (Å²) in [5.41, 5.74) is 0. The summed E-state index contributed by atoms with van der Waals surface area (Å²) < 4.78 is 0. The van der Waals surface area contributed by atoms with Crippen LogP contribution in [-0.4, -0.2) is 46.7 Å². The third-order valence-corrected chi connectivity index (χ3v) is 5.65. The number of rotatable bonds is 2. The highest BCUT2D eigenvalue weighted by Crippen LogP contribution is 2.37. The van der Waals surface area contributed by atoms with Crippen molar-refractivity contribution in [1.82, 2.24) is 9.80 Å². The number of hydrogen-bond acceptors (Lipinski definition) is 4. The normalized spacial score (nSPS) is 28.0. The highest BCUT2D eigenvalue weighted by molar-refractivity contribution is 7.12. The molecule has 3 amide bonds. The van der Waals surface area contributed by atoms with Gasteiger partial charge in [-0.2, -0.15) is 0 Å². The van der Waals surface area contributed by atoms with Gasteiger partial charge >= 0.3 is 0 Å². The van der Waals surface area contributed by atoms with Gasteiger partial charge in [-0.05, 0) is 24.3 Å². The first kappa shape index (κ1) is 13.7. The minimum Gasteiger partial charge on any atom is -0.334 e. The minimum atomic E-state index is -0.181. The minimum absolute atomic E-state index is 0.00979. The largest absolute Gasteiger partial charge is 0.334 e. The van der Waals surface area contributed by atoms with Crippen molar-refractivity contribution in [2.75, 3.05) is 13.1 Å². The number of carbonyl (C=O) groups excluding carboxylic acids is 3. The Hall–Kier alpha value is -1.95. The van der Waals surface area contributed by atoms with Crippen LogP contribution in [0.25, 0.3) is 0 Å². The van der Waals surface area contributed by atoms with Crippen molar-refractivity contribution in [3.05, 3.63) is 34.5 Å². The van der Waals surface area contributed by atoms with E-state index in [9.17, 15) is 14.4 Å². The summed E-state index contributed by atoms with van der Waals surface area (Å²) >= 11 is 1.41. The number of allylic oxidation sites excluding steroid dienone is 2. The Labute approximate surface area is 132 Å². The summed E-state index contributed by atoms with van der Waals surface area (Å²) in [6, 6.07) is 3.50. The average Bonchev–Trinajstić information content (AvgIpc) is 3.09. The lowest BCUT2D eigenvalue weighted by atomic mass is 9.85. The van der Waals surface area contributed by atoms with E-state index >= 15 is 0 Å². The zero-order valence-corrected chi connectivity index (χ0v) is 12.8. The Bertz CT molecular complexity index is 635. The van der Waals surface area contributed by atoms with Crippen LogP contribution in [0.4, 0.5) is 0 Å². The van der Waals surface area contributed by atoms with E-state index in [1.807, 2.05) is 23.6 Å².